The molecule has 0 radical (unpaired) electrons. The minimum atomic E-state index is 0.00548. The molecule has 4 rings (SSSR count). The van der Waals surface area contributed by atoms with Crippen molar-refractivity contribution in [2.24, 2.45) is 4.99 Å². The van der Waals surface area contributed by atoms with E-state index in [4.69, 9.17) is 16.3 Å². The van der Waals surface area contributed by atoms with Gasteiger partial charge in [-0.3, -0.25) is 9.69 Å². The molecule has 2 heterocycles. The largest absolute Gasteiger partial charge is 0.457 e. The van der Waals surface area contributed by atoms with E-state index in [9.17, 15) is 4.79 Å². The van der Waals surface area contributed by atoms with Gasteiger partial charge in [0.15, 0.2) is 0 Å². The maximum absolute atomic E-state index is 12.6. The van der Waals surface area contributed by atoms with Crippen LogP contribution in [0.15, 0.2) is 59.2 Å². The Balaban J connectivity index is 1.56. The molecule has 1 fully saturated rings. The zero-order valence-electron chi connectivity index (χ0n) is 14.3. The molecule has 2 aromatic rings. The molecule has 26 heavy (non-hydrogen) atoms. The molecule has 5 heteroatoms. The van der Waals surface area contributed by atoms with Gasteiger partial charge in [-0.1, -0.05) is 30.2 Å². The number of amidine groups is 1. The summed E-state index contributed by atoms with van der Waals surface area (Å²) < 4.78 is 5.86. The molecule has 0 unspecified atom stereocenters. The highest BCUT2D eigenvalue weighted by atomic mass is 35.5. The number of aliphatic imine (C=N–C) groups is 1. The van der Waals surface area contributed by atoms with Gasteiger partial charge in [0.25, 0.3) is 5.91 Å². The predicted octanol–water partition coefficient (Wildman–Crippen LogP) is 5.29. The Bertz CT molecular complexity index is 887. The van der Waals surface area contributed by atoms with Crippen LogP contribution in [0.3, 0.4) is 0 Å². The van der Waals surface area contributed by atoms with Gasteiger partial charge in [-0.2, -0.15) is 0 Å². The molecule has 2 aliphatic rings. The normalized spacial score (nSPS) is 18.5. The van der Waals surface area contributed by atoms with Crippen LogP contribution in [-0.4, -0.2) is 23.2 Å². The molecule has 0 atom stereocenters. The maximum Gasteiger partial charge on any atom is 0.277 e. The molecule has 0 N–H and O–H groups in total. The van der Waals surface area contributed by atoms with Gasteiger partial charge >= 0.3 is 0 Å². The number of rotatable bonds is 3. The summed E-state index contributed by atoms with van der Waals surface area (Å²) in [6, 6.07) is 14.8. The van der Waals surface area contributed by atoms with Gasteiger partial charge in [-0.25, -0.2) is 4.99 Å². The van der Waals surface area contributed by atoms with E-state index in [0.717, 1.165) is 43.6 Å². The second kappa shape index (κ2) is 7.34. The summed E-state index contributed by atoms with van der Waals surface area (Å²) in [5, 5.41) is 0.668. The third-order valence-corrected chi connectivity index (χ3v) is 4.77. The molecular weight excluding hydrogens is 348 g/mol. The lowest BCUT2D eigenvalue weighted by Crippen LogP contribution is -2.31. The van der Waals surface area contributed by atoms with Gasteiger partial charge in [0.2, 0.25) is 0 Å². The first-order valence-electron chi connectivity index (χ1n) is 8.84. The van der Waals surface area contributed by atoms with Gasteiger partial charge in [-0.05, 0) is 60.9 Å². The number of carbonyl (C=O) groups is 1. The van der Waals surface area contributed by atoms with Crippen LogP contribution in [0.4, 0.5) is 0 Å². The van der Waals surface area contributed by atoms with Crippen LogP contribution in [0.25, 0.3) is 6.08 Å². The fourth-order valence-corrected chi connectivity index (χ4v) is 3.34. The van der Waals surface area contributed by atoms with Crippen molar-refractivity contribution in [1.82, 2.24) is 4.90 Å². The minimum absolute atomic E-state index is 0.00548. The number of halogens is 1. The Morgan fingerprint density at radius 1 is 1.04 bits per heavy atom. The Morgan fingerprint density at radius 3 is 2.73 bits per heavy atom. The van der Waals surface area contributed by atoms with Crippen molar-refractivity contribution >= 4 is 29.4 Å². The Kier molecular flexibility index (Phi) is 4.76. The number of hydrogen-bond donors (Lipinski definition) is 0. The van der Waals surface area contributed by atoms with Gasteiger partial charge in [0, 0.05) is 18.0 Å². The standard InChI is InChI=1S/C21H19ClN2O2/c22-16-8-10-17(11-9-16)26-18-6-4-5-15(13-18)14-19-21(25)24-12-3-1-2-7-20(24)23-19/h4-6,8-11,13-14H,1-3,7,12H2/b19-14-. The SMILES string of the molecule is O=C1/C(=C/c2cccc(Oc3ccc(Cl)cc3)c2)N=C2CCCCCN12. The van der Waals surface area contributed by atoms with Crippen molar-refractivity contribution in [3.63, 3.8) is 0 Å². The quantitative estimate of drug-likeness (QED) is 0.693. The molecule has 0 saturated carbocycles. The lowest BCUT2D eigenvalue weighted by atomic mass is 10.1. The molecule has 0 spiro atoms. The summed E-state index contributed by atoms with van der Waals surface area (Å²) in [6.45, 7) is 0.773. The van der Waals surface area contributed by atoms with E-state index in [1.54, 1.807) is 12.1 Å². The summed E-state index contributed by atoms with van der Waals surface area (Å²) in [5.74, 6) is 2.33. The predicted molar refractivity (Wildman–Crippen MR) is 104 cm³/mol. The Morgan fingerprint density at radius 2 is 1.88 bits per heavy atom. The van der Waals surface area contributed by atoms with E-state index in [0.29, 0.717) is 22.2 Å². The zero-order valence-corrected chi connectivity index (χ0v) is 15.1. The van der Waals surface area contributed by atoms with E-state index in [1.165, 1.54) is 0 Å². The fraction of sp³-hybridized carbons (Fsp3) is 0.238. The lowest BCUT2D eigenvalue weighted by Gasteiger charge is -2.14. The maximum atomic E-state index is 12.6. The molecule has 2 aliphatic heterocycles. The molecule has 0 bridgehead atoms. The van der Waals surface area contributed by atoms with Crippen LogP contribution in [0.5, 0.6) is 11.5 Å². The van der Waals surface area contributed by atoms with E-state index in [-0.39, 0.29) is 5.91 Å². The number of carbonyl (C=O) groups excluding carboxylic acids is 1. The van der Waals surface area contributed by atoms with Crippen molar-refractivity contribution < 1.29 is 9.53 Å². The van der Waals surface area contributed by atoms with Crippen molar-refractivity contribution in [3.05, 3.63) is 64.8 Å². The molecule has 2 aromatic carbocycles. The Hall–Kier alpha value is -2.59. The fourth-order valence-electron chi connectivity index (χ4n) is 3.21. The minimum Gasteiger partial charge on any atom is -0.457 e. The third-order valence-electron chi connectivity index (χ3n) is 4.52. The summed E-state index contributed by atoms with van der Waals surface area (Å²) in [4.78, 5) is 19.0. The second-order valence-electron chi connectivity index (χ2n) is 6.45. The van der Waals surface area contributed by atoms with Crippen molar-refractivity contribution in [2.75, 3.05) is 6.54 Å². The topological polar surface area (TPSA) is 41.9 Å². The first-order chi connectivity index (χ1) is 12.7. The third kappa shape index (κ3) is 3.65. The smallest absolute Gasteiger partial charge is 0.277 e. The van der Waals surface area contributed by atoms with Crippen molar-refractivity contribution in [2.45, 2.75) is 25.7 Å². The zero-order chi connectivity index (χ0) is 17.9. The highest BCUT2D eigenvalue weighted by molar-refractivity contribution is 6.30. The first-order valence-corrected chi connectivity index (χ1v) is 9.21. The van der Waals surface area contributed by atoms with Gasteiger partial charge in [0.05, 0.1) is 0 Å². The number of benzene rings is 2. The van der Waals surface area contributed by atoms with Crippen LogP contribution in [0.1, 0.15) is 31.2 Å². The molecule has 0 aliphatic carbocycles. The van der Waals surface area contributed by atoms with Crippen LogP contribution in [-0.2, 0) is 4.79 Å². The molecule has 0 aromatic heterocycles. The second-order valence-corrected chi connectivity index (χ2v) is 6.89. The summed E-state index contributed by atoms with van der Waals surface area (Å²) in [7, 11) is 0. The van der Waals surface area contributed by atoms with Gasteiger partial charge < -0.3 is 4.74 Å². The van der Waals surface area contributed by atoms with E-state index < -0.39 is 0 Å². The number of ether oxygens (including phenoxy) is 1. The van der Waals surface area contributed by atoms with Crippen LogP contribution in [0.2, 0.25) is 5.02 Å². The number of hydrogen-bond acceptors (Lipinski definition) is 3. The molecule has 1 saturated heterocycles. The molecule has 132 valence electrons. The summed E-state index contributed by atoms with van der Waals surface area (Å²) in [6.07, 6.45) is 6.01. The molecule has 4 nitrogen and oxygen atoms in total. The summed E-state index contributed by atoms with van der Waals surface area (Å²) >= 11 is 5.90. The highest BCUT2D eigenvalue weighted by Crippen LogP contribution is 2.27. The lowest BCUT2D eigenvalue weighted by molar-refractivity contribution is -0.122. The van der Waals surface area contributed by atoms with Crippen molar-refractivity contribution in [1.29, 1.82) is 0 Å². The highest BCUT2D eigenvalue weighted by Gasteiger charge is 2.30. The van der Waals surface area contributed by atoms with Crippen LogP contribution in [0, 0.1) is 0 Å². The van der Waals surface area contributed by atoms with Crippen LogP contribution >= 0.6 is 11.6 Å². The number of fused-ring (bicyclic) bond motifs is 1. The van der Waals surface area contributed by atoms with Crippen LogP contribution < -0.4 is 4.74 Å². The van der Waals surface area contributed by atoms with E-state index >= 15 is 0 Å². The average Bonchev–Trinajstić information content (AvgIpc) is 2.81. The average molecular weight is 367 g/mol. The monoisotopic (exact) mass is 366 g/mol. The van der Waals surface area contributed by atoms with Crippen molar-refractivity contribution in [3.8, 4) is 11.5 Å². The molecule has 1 amide bonds. The van der Waals surface area contributed by atoms with E-state index in [2.05, 4.69) is 4.99 Å². The van der Waals surface area contributed by atoms with Gasteiger partial charge in [-0.15, -0.1) is 0 Å². The summed E-state index contributed by atoms with van der Waals surface area (Å²) in [5.41, 5.74) is 1.40. The van der Waals surface area contributed by atoms with E-state index in [1.807, 2.05) is 47.4 Å². The first kappa shape index (κ1) is 16.9. The van der Waals surface area contributed by atoms with Gasteiger partial charge in [0.1, 0.15) is 23.0 Å². The Labute approximate surface area is 157 Å². The number of nitrogens with zero attached hydrogens (tertiary/aromatic N) is 2. The molecular formula is C21H19ClN2O2. The number of amides is 1.